The maximum absolute atomic E-state index is 6.55. The van der Waals surface area contributed by atoms with Gasteiger partial charge in [0.25, 0.3) is 0 Å². The minimum atomic E-state index is 0.342. The highest BCUT2D eigenvalue weighted by atomic mass is 35.5. The van der Waals surface area contributed by atoms with Crippen LogP contribution in [-0.2, 0) is 6.42 Å². The van der Waals surface area contributed by atoms with E-state index in [2.05, 4.69) is 31.2 Å². The van der Waals surface area contributed by atoms with E-state index in [0.29, 0.717) is 11.3 Å². The molecule has 0 radical (unpaired) electrons. The van der Waals surface area contributed by atoms with Gasteiger partial charge in [0.2, 0.25) is 0 Å². The lowest BCUT2D eigenvalue weighted by atomic mass is 9.90. The topological polar surface area (TPSA) is 0 Å². The molecule has 0 bridgehead atoms. The van der Waals surface area contributed by atoms with E-state index in [1.807, 2.05) is 0 Å². The third kappa shape index (κ3) is 3.48. The van der Waals surface area contributed by atoms with Gasteiger partial charge in [-0.1, -0.05) is 56.9 Å². The predicted molar refractivity (Wildman–Crippen MR) is 75.9 cm³/mol. The summed E-state index contributed by atoms with van der Waals surface area (Å²) in [7, 11) is 0. The molecule has 0 spiro atoms. The van der Waals surface area contributed by atoms with Crippen LogP contribution in [0.4, 0.5) is 0 Å². The van der Waals surface area contributed by atoms with E-state index in [0.717, 1.165) is 0 Å². The van der Waals surface area contributed by atoms with Crippen molar-refractivity contribution in [2.24, 2.45) is 0 Å². The van der Waals surface area contributed by atoms with E-state index in [4.69, 9.17) is 11.6 Å². The van der Waals surface area contributed by atoms with Crippen LogP contribution in [0.2, 0.25) is 0 Å². The molecule has 2 rings (SSSR count). The zero-order chi connectivity index (χ0) is 12.1. The Morgan fingerprint density at radius 2 is 2.00 bits per heavy atom. The highest BCUT2D eigenvalue weighted by Gasteiger charge is 2.23. The number of hydrogen-bond donors (Lipinski definition) is 0. The fourth-order valence-electron chi connectivity index (χ4n) is 2.91. The molecule has 0 aromatic heterocycles. The number of alkyl halides is 1. The standard InChI is InChI=1S/C16H23Cl/c1-2-7-13-8-6-9-14(12-13)15-10-4-3-5-11-16(15)17/h6,8-9,12,15-16H,2-5,7,10-11H2,1H3. The molecule has 1 aromatic rings. The van der Waals surface area contributed by atoms with Crippen LogP contribution in [0.5, 0.6) is 0 Å². The van der Waals surface area contributed by atoms with Gasteiger partial charge in [0, 0.05) is 11.3 Å². The van der Waals surface area contributed by atoms with Crippen molar-refractivity contribution >= 4 is 11.6 Å². The van der Waals surface area contributed by atoms with Crippen molar-refractivity contribution in [3.8, 4) is 0 Å². The normalized spacial score (nSPS) is 25.5. The second-order valence-electron chi connectivity index (χ2n) is 5.26. The number of halogens is 1. The van der Waals surface area contributed by atoms with Gasteiger partial charge in [-0.2, -0.15) is 0 Å². The lowest BCUT2D eigenvalue weighted by molar-refractivity contribution is 0.599. The van der Waals surface area contributed by atoms with Crippen molar-refractivity contribution in [2.75, 3.05) is 0 Å². The molecule has 1 saturated carbocycles. The third-order valence-electron chi connectivity index (χ3n) is 3.85. The summed E-state index contributed by atoms with van der Waals surface area (Å²) in [6.07, 6.45) is 8.86. The van der Waals surface area contributed by atoms with Gasteiger partial charge in [0.15, 0.2) is 0 Å². The molecule has 0 N–H and O–H groups in total. The molecule has 0 amide bonds. The van der Waals surface area contributed by atoms with Crippen LogP contribution in [0.3, 0.4) is 0 Å². The van der Waals surface area contributed by atoms with E-state index in [9.17, 15) is 0 Å². The minimum absolute atomic E-state index is 0.342. The number of aryl methyl sites for hydroxylation is 1. The van der Waals surface area contributed by atoms with Crippen molar-refractivity contribution in [2.45, 2.75) is 63.2 Å². The van der Waals surface area contributed by atoms with Gasteiger partial charge >= 0.3 is 0 Å². The van der Waals surface area contributed by atoms with E-state index in [-0.39, 0.29) is 0 Å². The van der Waals surface area contributed by atoms with E-state index >= 15 is 0 Å². The van der Waals surface area contributed by atoms with Crippen LogP contribution in [0, 0.1) is 0 Å². The summed E-state index contributed by atoms with van der Waals surface area (Å²) in [6.45, 7) is 2.24. The second-order valence-corrected chi connectivity index (χ2v) is 5.82. The summed E-state index contributed by atoms with van der Waals surface area (Å²) in [4.78, 5) is 0. The maximum Gasteiger partial charge on any atom is 0.0404 e. The summed E-state index contributed by atoms with van der Waals surface area (Å²) in [5, 5.41) is 0.342. The maximum atomic E-state index is 6.55. The number of hydrogen-bond acceptors (Lipinski definition) is 0. The molecule has 1 aromatic carbocycles. The van der Waals surface area contributed by atoms with Crippen molar-refractivity contribution < 1.29 is 0 Å². The Morgan fingerprint density at radius 1 is 1.18 bits per heavy atom. The Hall–Kier alpha value is -0.490. The predicted octanol–water partition coefficient (Wildman–Crippen LogP) is 5.29. The fourth-order valence-corrected chi connectivity index (χ4v) is 3.33. The van der Waals surface area contributed by atoms with Crippen molar-refractivity contribution in [1.29, 1.82) is 0 Å². The zero-order valence-electron chi connectivity index (χ0n) is 10.8. The van der Waals surface area contributed by atoms with Crippen molar-refractivity contribution in [3.63, 3.8) is 0 Å². The summed E-state index contributed by atoms with van der Waals surface area (Å²) in [5.41, 5.74) is 2.94. The Morgan fingerprint density at radius 3 is 2.82 bits per heavy atom. The van der Waals surface area contributed by atoms with Gasteiger partial charge in [-0.3, -0.25) is 0 Å². The molecule has 2 unspecified atom stereocenters. The van der Waals surface area contributed by atoms with Gasteiger partial charge < -0.3 is 0 Å². The van der Waals surface area contributed by atoms with Crippen LogP contribution in [0.15, 0.2) is 24.3 Å². The molecule has 2 atom stereocenters. The van der Waals surface area contributed by atoms with E-state index in [1.165, 1.54) is 56.1 Å². The Labute approximate surface area is 110 Å². The van der Waals surface area contributed by atoms with Crippen molar-refractivity contribution in [1.82, 2.24) is 0 Å². The lowest BCUT2D eigenvalue weighted by Gasteiger charge is -2.20. The number of rotatable bonds is 3. The molecule has 1 fully saturated rings. The molecule has 0 saturated heterocycles. The second kappa shape index (κ2) is 6.44. The van der Waals surface area contributed by atoms with Crippen LogP contribution < -0.4 is 0 Å². The summed E-state index contributed by atoms with van der Waals surface area (Å²) >= 11 is 6.55. The molecule has 1 aliphatic rings. The van der Waals surface area contributed by atoms with Gasteiger partial charge in [-0.15, -0.1) is 11.6 Å². The Balaban J connectivity index is 2.16. The lowest BCUT2D eigenvalue weighted by Crippen LogP contribution is -2.11. The third-order valence-corrected chi connectivity index (χ3v) is 4.37. The molecule has 0 aliphatic heterocycles. The van der Waals surface area contributed by atoms with Crippen LogP contribution in [-0.4, -0.2) is 5.38 Å². The summed E-state index contributed by atoms with van der Waals surface area (Å²) in [5.74, 6) is 0.580. The molecule has 17 heavy (non-hydrogen) atoms. The van der Waals surface area contributed by atoms with Gasteiger partial charge in [-0.25, -0.2) is 0 Å². The Bertz CT molecular complexity index is 345. The van der Waals surface area contributed by atoms with Crippen molar-refractivity contribution in [3.05, 3.63) is 35.4 Å². The molecular formula is C16H23Cl. The van der Waals surface area contributed by atoms with E-state index < -0.39 is 0 Å². The smallest absolute Gasteiger partial charge is 0.0404 e. The molecule has 94 valence electrons. The number of benzene rings is 1. The highest BCUT2D eigenvalue weighted by Crippen LogP contribution is 2.35. The average molecular weight is 251 g/mol. The first kappa shape index (κ1) is 13.0. The summed E-state index contributed by atoms with van der Waals surface area (Å²) < 4.78 is 0. The molecule has 0 heterocycles. The van der Waals surface area contributed by atoms with Gasteiger partial charge in [0.05, 0.1) is 0 Å². The van der Waals surface area contributed by atoms with Gasteiger partial charge in [-0.05, 0) is 30.4 Å². The minimum Gasteiger partial charge on any atom is -0.122 e. The van der Waals surface area contributed by atoms with E-state index in [1.54, 1.807) is 0 Å². The first-order valence-electron chi connectivity index (χ1n) is 7.04. The first-order chi connectivity index (χ1) is 8.31. The molecule has 0 nitrogen and oxygen atoms in total. The monoisotopic (exact) mass is 250 g/mol. The van der Waals surface area contributed by atoms with Crippen LogP contribution in [0.1, 0.15) is 62.5 Å². The van der Waals surface area contributed by atoms with Gasteiger partial charge in [0.1, 0.15) is 0 Å². The fraction of sp³-hybridized carbons (Fsp3) is 0.625. The largest absolute Gasteiger partial charge is 0.122 e. The summed E-state index contributed by atoms with van der Waals surface area (Å²) in [6, 6.07) is 9.10. The SMILES string of the molecule is CCCc1cccc(C2CCCCCC2Cl)c1. The molecule has 1 aliphatic carbocycles. The van der Waals surface area contributed by atoms with Crippen LogP contribution >= 0.6 is 11.6 Å². The van der Waals surface area contributed by atoms with Crippen LogP contribution in [0.25, 0.3) is 0 Å². The highest BCUT2D eigenvalue weighted by molar-refractivity contribution is 6.21. The average Bonchev–Trinajstić information content (AvgIpc) is 2.55. The zero-order valence-corrected chi connectivity index (χ0v) is 11.5. The Kier molecular flexibility index (Phi) is 4.91. The quantitative estimate of drug-likeness (QED) is 0.505. The molecule has 1 heteroatoms. The first-order valence-corrected chi connectivity index (χ1v) is 7.48. The molecular weight excluding hydrogens is 228 g/mol.